The Balaban J connectivity index is 0.561. The third-order valence-electron chi connectivity index (χ3n) is 16.5. The van der Waals surface area contributed by atoms with Crippen LogP contribution < -0.4 is 28.4 Å². The largest absolute Gasteiger partial charge is 0.492 e. The lowest BCUT2D eigenvalue weighted by atomic mass is 10.0. The number of allylic oxidation sites excluding steroid dienone is 2. The van der Waals surface area contributed by atoms with Gasteiger partial charge in [-0.1, -0.05) is 74.8 Å². The molecule has 119 heavy (non-hydrogen) atoms. The van der Waals surface area contributed by atoms with Crippen molar-refractivity contribution in [2.45, 2.75) is 19.3 Å². The SMILES string of the molecule is C=CC(=C)OCCOCCOCCOc1ccc(C(=O)Oc2ccc(C(=O)Oc3ccc(-c4ccc(C(=O)OCCOCCOCCOC(=O)CCCC(=O)OCCOCCOCCOC(=O)c5ccc(-c6ccc(OC(=O)c7ccc(OC(=O)c8ccc(OCCOCCOCCOC(=C)C=C)cc8)cc7)cc6)cc5)cc4)cc3)cc2)cc1. The van der Waals surface area contributed by atoms with E-state index in [-0.39, 0.29) is 121 Å². The van der Waals surface area contributed by atoms with Crippen molar-refractivity contribution in [1.29, 1.82) is 0 Å². The summed E-state index contributed by atoms with van der Waals surface area (Å²) in [6, 6.07) is 52.3. The molecule has 8 aromatic carbocycles. The Morgan fingerprint density at radius 1 is 0.218 bits per heavy atom. The minimum Gasteiger partial charge on any atom is -0.492 e. The molecule has 0 aliphatic heterocycles. The molecule has 0 unspecified atom stereocenters. The second-order valence-electron chi connectivity index (χ2n) is 25.1. The summed E-state index contributed by atoms with van der Waals surface area (Å²) in [6.45, 7) is 20.4. The molecule has 0 amide bonds. The molecule has 628 valence electrons. The van der Waals surface area contributed by atoms with Gasteiger partial charge in [0.1, 0.15) is 98.9 Å². The van der Waals surface area contributed by atoms with Crippen LogP contribution in [0.4, 0.5) is 0 Å². The van der Waals surface area contributed by atoms with E-state index in [1.165, 1.54) is 60.7 Å². The van der Waals surface area contributed by atoms with Crippen molar-refractivity contribution in [3.8, 4) is 56.8 Å². The monoisotopic (exact) mass is 1640 g/mol. The van der Waals surface area contributed by atoms with Crippen molar-refractivity contribution in [2.24, 2.45) is 0 Å². The average Bonchev–Trinajstić information content (AvgIpc) is 0.848. The van der Waals surface area contributed by atoms with Crippen molar-refractivity contribution in [1.82, 2.24) is 0 Å². The summed E-state index contributed by atoms with van der Waals surface area (Å²) >= 11 is 0. The predicted octanol–water partition coefficient (Wildman–Crippen LogP) is 13.5. The van der Waals surface area contributed by atoms with Gasteiger partial charge < -0.3 is 94.7 Å². The zero-order valence-corrected chi connectivity index (χ0v) is 66.0. The van der Waals surface area contributed by atoms with Crippen LogP contribution in [0.3, 0.4) is 0 Å². The number of rotatable bonds is 58. The highest BCUT2D eigenvalue weighted by Crippen LogP contribution is 2.28. The molecule has 0 saturated carbocycles. The van der Waals surface area contributed by atoms with Crippen molar-refractivity contribution < 1.29 is 133 Å². The molecule has 0 N–H and O–H groups in total. The van der Waals surface area contributed by atoms with E-state index in [4.69, 9.17) is 94.7 Å². The fourth-order valence-electron chi connectivity index (χ4n) is 10.2. The molecule has 28 heteroatoms. The van der Waals surface area contributed by atoms with E-state index in [0.717, 1.165) is 22.3 Å². The van der Waals surface area contributed by atoms with E-state index in [1.54, 1.807) is 146 Å². The molecular weight excluding hydrogens is 1540 g/mol. The molecule has 8 aromatic rings. The Labute approximate surface area is 689 Å². The van der Waals surface area contributed by atoms with E-state index in [9.17, 15) is 38.4 Å². The summed E-state index contributed by atoms with van der Waals surface area (Å²) in [5.41, 5.74) is 5.01. The van der Waals surface area contributed by atoms with Crippen LogP contribution in [0.5, 0.6) is 34.5 Å². The number of carbonyl (C=O) groups is 8. The van der Waals surface area contributed by atoms with Gasteiger partial charge in [-0.15, -0.1) is 0 Å². The number of hydrogen-bond donors (Lipinski definition) is 0. The molecule has 0 atom stereocenters. The molecular formula is C91H96O28. The minimum atomic E-state index is -0.610. The van der Waals surface area contributed by atoms with Gasteiger partial charge in [-0.3, -0.25) is 9.59 Å². The Morgan fingerprint density at radius 3 is 0.672 bits per heavy atom. The fraction of sp³-hybridized carbons (Fsp3) is 0.297. The third kappa shape index (κ3) is 35.8. The lowest BCUT2D eigenvalue weighted by molar-refractivity contribution is -0.147. The molecule has 0 radical (unpaired) electrons. The Morgan fingerprint density at radius 2 is 0.412 bits per heavy atom. The average molecular weight is 1640 g/mol. The molecule has 0 aliphatic carbocycles. The molecule has 8 rings (SSSR count). The topological polar surface area (TPSA) is 321 Å². The van der Waals surface area contributed by atoms with Crippen LogP contribution in [-0.2, 0) is 75.9 Å². The fourth-order valence-corrected chi connectivity index (χ4v) is 10.2. The van der Waals surface area contributed by atoms with E-state index < -0.39 is 47.8 Å². The van der Waals surface area contributed by atoms with Crippen LogP contribution in [-0.4, -0.2) is 206 Å². The van der Waals surface area contributed by atoms with E-state index >= 15 is 0 Å². The van der Waals surface area contributed by atoms with Crippen LogP contribution in [0.15, 0.2) is 244 Å². The van der Waals surface area contributed by atoms with Crippen molar-refractivity contribution >= 4 is 47.8 Å². The predicted molar refractivity (Wildman–Crippen MR) is 434 cm³/mol. The Kier molecular flexibility index (Phi) is 41.4. The molecule has 0 saturated heterocycles. The standard InChI is InChI=1S/C91H96O28/c1-5-66(3)108-58-50-100-42-44-102-52-60-110-78-30-22-74(23-31-78)88(96)118-82-38-26-76(27-39-82)90(98)116-80-34-18-70(19-35-80)68-10-14-72(15-11-68)86(94)114-64-56-106-48-46-104-54-62-112-84(92)8-7-9-85(93)113-63-55-105-47-49-107-57-65-115-87(95)73-16-12-69(13-17-73)71-20-36-81(37-21-71)117-91(99)77-28-40-83(41-29-77)119-89(97)75-24-32-79(33-25-75)111-61-53-103-45-43-101-51-59-109-67(4)6-2/h5-6,10-41H,1-4,7-9,42-65H2. The molecule has 0 aliphatic rings. The molecule has 0 aromatic heterocycles. The van der Waals surface area contributed by atoms with Gasteiger partial charge in [0.25, 0.3) is 0 Å². The van der Waals surface area contributed by atoms with Gasteiger partial charge in [0, 0.05) is 12.8 Å². The number of carbonyl (C=O) groups excluding carboxylic acids is 8. The third-order valence-corrected chi connectivity index (χ3v) is 16.5. The number of benzene rings is 8. The normalized spacial score (nSPS) is 10.8. The first-order chi connectivity index (χ1) is 58.1. The van der Waals surface area contributed by atoms with Crippen molar-refractivity contribution in [3.05, 3.63) is 277 Å². The first-order valence-corrected chi connectivity index (χ1v) is 38.2. The van der Waals surface area contributed by atoms with Crippen LogP contribution in [0.25, 0.3) is 22.3 Å². The zero-order chi connectivity index (χ0) is 84.3. The van der Waals surface area contributed by atoms with E-state index in [2.05, 4.69) is 26.3 Å². The highest BCUT2D eigenvalue weighted by molar-refractivity contribution is 5.95. The highest BCUT2D eigenvalue weighted by Gasteiger charge is 2.18. The van der Waals surface area contributed by atoms with Gasteiger partial charge in [-0.25, -0.2) is 28.8 Å². The smallest absolute Gasteiger partial charge is 0.343 e. The zero-order valence-electron chi connectivity index (χ0n) is 66.0. The van der Waals surface area contributed by atoms with Gasteiger partial charge in [-0.2, -0.15) is 0 Å². The van der Waals surface area contributed by atoms with Crippen LogP contribution in [0.1, 0.15) is 81.4 Å². The second kappa shape index (κ2) is 53.6. The van der Waals surface area contributed by atoms with Gasteiger partial charge in [0.15, 0.2) is 0 Å². The maximum Gasteiger partial charge on any atom is 0.343 e. The molecule has 0 heterocycles. The lowest BCUT2D eigenvalue weighted by Crippen LogP contribution is -2.16. The van der Waals surface area contributed by atoms with Crippen molar-refractivity contribution in [2.75, 3.05) is 159 Å². The number of esters is 8. The first kappa shape index (κ1) is 91.9. The van der Waals surface area contributed by atoms with Crippen molar-refractivity contribution in [3.63, 3.8) is 0 Å². The summed E-state index contributed by atoms with van der Waals surface area (Å²) in [7, 11) is 0. The van der Waals surface area contributed by atoms with Crippen LogP contribution >= 0.6 is 0 Å². The quantitative estimate of drug-likeness (QED) is 0.00853. The summed E-state index contributed by atoms with van der Waals surface area (Å²) in [5, 5.41) is 0. The van der Waals surface area contributed by atoms with E-state index in [1.807, 2.05) is 0 Å². The van der Waals surface area contributed by atoms with Gasteiger partial charge in [0.2, 0.25) is 0 Å². The van der Waals surface area contributed by atoms with Crippen LogP contribution in [0.2, 0.25) is 0 Å². The lowest BCUT2D eigenvalue weighted by Gasteiger charge is -2.09. The number of hydrogen-bond acceptors (Lipinski definition) is 28. The molecule has 28 nitrogen and oxygen atoms in total. The first-order valence-electron chi connectivity index (χ1n) is 38.2. The second-order valence-corrected chi connectivity index (χ2v) is 25.1. The summed E-state index contributed by atoms with van der Waals surface area (Å²) in [5.74, 6) is -1.25. The summed E-state index contributed by atoms with van der Waals surface area (Å²) in [4.78, 5) is 101. The Hall–Kier alpha value is -12.6. The molecule has 0 spiro atoms. The molecule has 0 bridgehead atoms. The maximum absolute atomic E-state index is 13.0. The van der Waals surface area contributed by atoms with Gasteiger partial charge in [0.05, 0.1) is 139 Å². The van der Waals surface area contributed by atoms with Gasteiger partial charge >= 0.3 is 47.8 Å². The number of ether oxygens (including phenoxy) is 20. The summed E-state index contributed by atoms with van der Waals surface area (Å²) < 4.78 is 109. The Bertz CT molecular complexity index is 4180. The highest BCUT2D eigenvalue weighted by atomic mass is 16.6. The van der Waals surface area contributed by atoms with Crippen LogP contribution in [0, 0.1) is 0 Å². The summed E-state index contributed by atoms with van der Waals surface area (Å²) in [6.07, 6.45) is 3.32. The maximum atomic E-state index is 13.0. The molecule has 0 fully saturated rings. The minimum absolute atomic E-state index is 0.00887. The van der Waals surface area contributed by atoms with E-state index in [0.29, 0.717) is 136 Å². The van der Waals surface area contributed by atoms with Gasteiger partial charge in [-0.05, 0) is 186 Å².